The van der Waals surface area contributed by atoms with E-state index in [1.54, 1.807) is 36.4 Å². The van der Waals surface area contributed by atoms with Crippen LogP contribution in [0.15, 0.2) is 47.5 Å². The van der Waals surface area contributed by atoms with E-state index in [1.807, 2.05) is 13.0 Å². The summed E-state index contributed by atoms with van der Waals surface area (Å²) in [6.07, 6.45) is 0. The lowest BCUT2D eigenvalue weighted by Gasteiger charge is -2.19. The number of nitrogens with zero attached hydrogens (tertiary/aromatic N) is 4. The summed E-state index contributed by atoms with van der Waals surface area (Å²) in [5.74, 6) is 1.13. The first-order valence-corrected chi connectivity index (χ1v) is 11.3. The van der Waals surface area contributed by atoms with E-state index in [-0.39, 0.29) is 17.7 Å². The molecule has 0 aliphatic rings. The smallest absolute Gasteiger partial charge is 0.254 e. The molecule has 33 heavy (non-hydrogen) atoms. The summed E-state index contributed by atoms with van der Waals surface area (Å²) in [7, 11) is 0. The number of aromatic nitrogens is 2. The van der Waals surface area contributed by atoms with E-state index in [1.165, 1.54) is 0 Å². The molecule has 0 aliphatic carbocycles. The molecule has 0 amide bonds. The number of hydrogen-bond donors (Lipinski definition) is 4. The van der Waals surface area contributed by atoms with Crippen LogP contribution < -0.4 is 16.4 Å². The maximum Gasteiger partial charge on any atom is 0.254 e. The molecule has 0 unspecified atom stereocenters. The topological polar surface area (TPSA) is 112 Å². The number of halogens is 2. The molecule has 10 heteroatoms. The highest BCUT2D eigenvalue weighted by Crippen LogP contribution is 2.26. The van der Waals surface area contributed by atoms with Crippen LogP contribution in [0.4, 0.5) is 23.1 Å². The fraction of sp³-hybridized carbons (Fsp3) is 0.261. The van der Waals surface area contributed by atoms with Crippen LogP contribution >= 0.6 is 23.2 Å². The predicted octanol–water partition coefficient (Wildman–Crippen LogP) is 5.44. The molecule has 2 aromatic carbocycles. The third kappa shape index (κ3) is 6.95. The van der Waals surface area contributed by atoms with Crippen molar-refractivity contribution in [2.45, 2.75) is 27.3 Å². The SMILES string of the molecule is CCN(CC)Cc1cc(Nc2cc(C)nc(/N=C(\N)Nc3ccc(Cl)c(Cl)c3)n2)ccc1O. The third-order valence-electron chi connectivity index (χ3n) is 4.90. The van der Waals surface area contributed by atoms with Gasteiger partial charge in [0.2, 0.25) is 5.96 Å². The Kier molecular flexibility index (Phi) is 8.32. The van der Waals surface area contributed by atoms with Crippen molar-refractivity contribution in [3.63, 3.8) is 0 Å². The molecule has 0 fully saturated rings. The van der Waals surface area contributed by atoms with Gasteiger partial charge in [0, 0.05) is 35.2 Å². The van der Waals surface area contributed by atoms with Gasteiger partial charge in [-0.1, -0.05) is 37.0 Å². The van der Waals surface area contributed by atoms with Crippen molar-refractivity contribution in [1.29, 1.82) is 0 Å². The standard InChI is InChI=1S/C23H27Cl2N7O/c1-4-32(5-2)13-15-11-16(7-9-20(15)33)28-21-10-14(3)27-23(30-21)31-22(26)29-17-6-8-18(24)19(25)12-17/h6-12,33H,4-5,13H2,1-3H3,(H4,26,27,28,29,30,31). The predicted molar refractivity (Wildman–Crippen MR) is 136 cm³/mol. The van der Waals surface area contributed by atoms with Crippen molar-refractivity contribution in [2.24, 2.45) is 10.7 Å². The van der Waals surface area contributed by atoms with Gasteiger partial charge < -0.3 is 21.5 Å². The van der Waals surface area contributed by atoms with Crippen LogP contribution in [0.5, 0.6) is 5.75 Å². The van der Waals surface area contributed by atoms with Crippen LogP contribution in [0.25, 0.3) is 0 Å². The molecule has 0 radical (unpaired) electrons. The van der Waals surface area contributed by atoms with E-state index in [2.05, 4.69) is 44.3 Å². The van der Waals surface area contributed by atoms with E-state index in [4.69, 9.17) is 28.9 Å². The molecule has 3 aromatic rings. The van der Waals surface area contributed by atoms with Gasteiger partial charge >= 0.3 is 0 Å². The van der Waals surface area contributed by atoms with Crippen LogP contribution in [0.1, 0.15) is 25.1 Å². The summed E-state index contributed by atoms with van der Waals surface area (Å²) in [4.78, 5) is 15.3. The summed E-state index contributed by atoms with van der Waals surface area (Å²) in [5, 5.41) is 17.3. The Morgan fingerprint density at radius 1 is 1.03 bits per heavy atom. The molecule has 0 atom stereocenters. The van der Waals surface area contributed by atoms with E-state index in [0.29, 0.717) is 28.1 Å². The van der Waals surface area contributed by atoms with Crippen molar-refractivity contribution in [1.82, 2.24) is 14.9 Å². The number of aromatic hydroxyl groups is 1. The molecule has 1 heterocycles. The minimum atomic E-state index is 0.107. The highest BCUT2D eigenvalue weighted by atomic mass is 35.5. The highest BCUT2D eigenvalue weighted by Gasteiger charge is 2.09. The van der Waals surface area contributed by atoms with Gasteiger partial charge in [0.15, 0.2) is 0 Å². The Morgan fingerprint density at radius 3 is 2.45 bits per heavy atom. The van der Waals surface area contributed by atoms with Crippen molar-refractivity contribution in [2.75, 3.05) is 23.7 Å². The number of phenols is 1. The Labute approximate surface area is 203 Å². The van der Waals surface area contributed by atoms with Crippen LogP contribution in [0.3, 0.4) is 0 Å². The van der Waals surface area contributed by atoms with Gasteiger partial charge in [-0.3, -0.25) is 4.90 Å². The Morgan fingerprint density at radius 2 is 1.76 bits per heavy atom. The molecule has 1 aromatic heterocycles. The Balaban J connectivity index is 1.78. The second-order valence-corrected chi connectivity index (χ2v) is 8.19. The van der Waals surface area contributed by atoms with Gasteiger partial charge in [-0.25, -0.2) is 4.98 Å². The molecule has 8 nitrogen and oxygen atoms in total. The van der Waals surface area contributed by atoms with E-state index in [9.17, 15) is 5.11 Å². The van der Waals surface area contributed by atoms with Crippen molar-refractivity contribution in [3.05, 3.63) is 63.8 Å². The van der Waals surface area contributed by atoms with Gasteiger partial charge in [-0.15, -0.1) is 0 Å². The number of rotatable bonds is 8. The number of guanidine groups is 1. The second-order valence-electron chi connectivity index (χ2n) is 7.38. The van der Waals surface area contributed by atoms with Crippen LogP contribution in [-0.2, 0) is 6.54 Å². The van der Waals surface area contributed by atoms with Gasteiger partial charge in [-0.05, 0) is 56.4 Å². The molecule has 5 N–H and O–H groups in total. The number of nitrogens with one attached hydrogen (secondary N) is 2. The molecular formula is C23H27Cl2N7O. The number of phenolic OH excluding ortho intramolecular Hbond substituents is 1. The van der Waals surface area contributed by atoms with Crippen LogP contribution in [0.2, 0.25) is 10.0 Å². The summed E-state index contributed by atoms with van der Waals surface area (Å²) in [6.45, 7) is 8.49. The first kappa shape index (κ1) is 24.6. The number of benzene rings is 2. The van der Waals surface area contributed by atoms with Crippen molar-refractivity contribution in [3.8, 4) is 5.75 Å². The maximum absolute atomic E-state index is 10.2. The van der Waals surface area contributed by atoms with Crippen molar-refractivity contribution >= 4 is 52.3 Å². The zero-order valence-electron chi connectivity index (χ0n) is 18.7. The molecule has 174 valence electrons. The van der Waals surface area contributed by atoms with Gasteiger partial charge in [0.1, 0.15) is 11.6 Å². The quantitative estimate of drug-likeness (QED) is 0.190. The van der Waals surface area contributed by atoms with E-state index >= 15 is 0 Å². The fourth-order valence-electron chi connectivity index (χ4n) is 3.15. The minimum Gasteiger partial charge on any atom is -0.508 e. The number of anilines is 3. The normalized spacial score (nSPS) is 11.6. The van der Waals surface area contributed by atoms with E-state index in [0.717, 1.165) is 30.0 Å². The monoisotopic (exact) mass is 487 g/mol. The average Bonchev–Trinajstić information content (AvgIpc) is 2.76. The summed E-state index contributed by atoms with van der Waals surface area (Å²) in [5.41, 5.74) is 9.01. The highest BCUT2D eigenvalue weighted by molar-refractivity contribution is 6.42. The minimum absolute atomic E-state index is 0.107. The molecule has 0 spiro atoms. The number of nitrogens with two attached hydrogens (primary N) is 1. The summed E-state index contributed by atoms with van der Waals surface area (Å²) >= 11 is 12.0. The van der Waals surface area contributed by atoms with Gasteiger partial charge in [0.05, 0.1) is 10.0 Å². The summed E-state index contributed by atoms with van der Waals surface area (Å²) in [6, 6.07) is 12.2. The molecule has 0 aliphatic heterocycles. The second kappa shape index (κ2) is 11.2. The van der Waals surface area contributed by atoms with Gasteiger partial charge in [0.25, 0.3) is 5.95 Å². The number of aliphatic imine (C=N–C) groups is 1. The molecule has 0 bridgehead atoms. The molecule has 0 saturated heterocycles. The molecule has 3 rings (SSSR count). The van der Waals surface area contributed by atoms with Crippen molar-refractivity contribution < 1.29 is 5.11 Å². The number of aryl methyl sites for hydroxylation is 1. The first-order chi connectivity index (χ1) is 15.8. The molecule has 0 saturated carbocycles. The van der Waals surface area contributed by atoms with Gasteiger partial charge in [-0.2, -0.15) is 9.98 Å². The zero-order chi connectivity index (χ0) is 24.0. The van der Waals surface area contributed by atoms with Crippen LogP contribution in [-0.4, -0.2) is 39.0 Å². The third-order valence-corrected chi connectivity index (χ3v) is 5.63. The number of hydrogen-bond acceptors (Lipinski definition) is 6. The average molecular weight is 488 g/mol. The summed E-state index contributed by atoms with van der Waals surface area (Å²) < 4.78 is 0. The lowest BCUT2D eigenvalue weighted by Crippen LogP contribution is -2.22. The first-order valence-electron chi connectivity index (χ1n) is 10.5. The lowest BCUT2D eigenvalue weighted by molar-refractivity contribution is 0.291. The molecular weight excluding hydrogens is 461 g/mol. The Bertz CT molecular complexity index is 1150. The maximum atomic E-state index is 10.2. The van der Waals surface area contributed by atoms with E-state index < -0.39 is 0 Å². The van der Waals surface area contributed by atoms with Crippen LogP contribution in [0, 0.1) is 6.92 Å². The lowest BCUT2D eigenvalue weighted by atomic mass is 10.1. The fourth-order valence-corrected chi connectivity index (χ4v) is 3.45. The largest absolute Gasteiger partial charge is 0.508 e. The Hall–Kier alpha value is -3.07. The zero-order valence-corrected chi connectivity index (χ0v) is 20.2.